The average molecular weight is 304 g/mol. The number of halogens is 2. The second-order valence-corrected chi connectivity index (χ2v) is 5.73. The molecule has 0 aliphatic carbocycles. The van der Waals surface area contributed by atoms with Gasteiger partial charge in [0.1, 0.15) is 4.90 Å². The molecule has 8 heteroatoms. The van der Waals surface area contributed by atoms with Crippen molar-refractivity contribution in [3.63, 3.8) is 0 Å². The highest BCUT2D eigenvalue weighted by Gasteiger charge is 2.19. The van der Waals surface area contributed by atoms with Crippen molar-refractivity contribution in [2.24, 2.45) is 0 Å². The van der Waals surface area contributed by atoms with E-state index in [0.717, 1.165) is 6.20 Å². The fourth-order valence-corrected chi connectivity index (χ4v) is 2.92. The van der Waals surface area contributed by atoms with Crippen molar-refractivity contribution < 1.29 is 8.42 Å². The fraction of sp³-hybridized carbons (Fsp3) is 0. The van der Waals surface area contributed by atoms with Gasteiger partial charge in [-0.25, -0.2) is 8.42 Å². The minimum Gasteiger partial charge on any atom is -0.276 e. The van der Waals surface area contributed by atoms with Gasteiger partial charge in [0.05, 0.1) is 21.9 Å². The highest BCUT2D eigenvalue weighted by atomic mass is 35.5. The molecule has 0 fully saturated rings. The Hall–Kier alpha value is -1.37. The van der Waals surface area contributed by atoms with Gasteiger partial charge < -0.3 is 0 Å². The number of sulfonamides is 1. The lowest BCUT2D eigenvalue weighted by molar-refractivity contribution is 0.601. The number of anilines is 1. The molecule has 0 aliphatic heterocycles. The molecule has 18 heavy (non-hydrogen) atoms. The third kappa shape index (κ3) is 2.72. The van der Waals surface area contributed by atoms with Crippen molar-refractivity contribution in [2.45, 2.75) is 4.90 Å². The normalized spacial score (nSPS) is 11.2. The highest BCUT2D eigenvalue weighted by molar-refractivity contribution is 7.92. The van der Waals surface area contributed by atoms with Crippen LogP contribution >= 0.6 is 23.2 Å². The van der Waals surface area contributed by atoms with Crippen molar-refractivity contribution in [1.29, 1.82) is 0 Å². The van der Waals surface area contributed by atoms with Crippen LogP contribution in [0.15, 0.2) is 41.8 Å². The topological polar surface area (TPSA) is 72.0 Å². The van der Waals surface area contributed by atoms with E-state index in [0.29, 0.717) is 0 Å². The van der Waals surface area contributed by atoms with Gasteiger partial charge in [-0.1, -0.05) is 23.2 Å². The van der Waals surface area contributed by atoms with Crippen LogP contribution < -0.4 is 4.72 Å². The first-order valence-corrected chi connectivity index (χ1v) is 6.96. The van der Waals surface area contributed by atoms with Gasteiger partial charge in [-0.15, -0.1) is 0 Å². The van der Waals surface area contributed by atoms with Gasteiger partial charge in [-0.05, 0) is 12.1 Å². The van der Waals surface area contributed by atoms with Crippen LogP contribution in [0.25, 0.3) is 0 Å². The number of pyridine rings is 2. The minimum absolute atomic E-state index is 0.0810. The first-order valence-electron chi connectivity index (χ1n) is 4.72. The molecule has 0 aromatic carbocycles. The van der Waals surface area contributed by atoms with Gasteiger partial charge in [-0.3, -0.25) is 14.7 Å². The first kappa shape index (κ1) is 13.1. The summed E-state index contributed by atoms with van der Waals surface area (Å²) in [5, 5.41) is 0.325. The summed E-state index contributed by atoms with van der Waals surface area (Å²) in [5.41, 5.74) is 0.180. The van der Waals surface area contributed by atoms with Crippen molar-refractivity contribution in [3.05, 3.63) is 47.0 Å². The molecule has 0 aliphatic rings. The average Bonchev–Trinajstić information content (AvgIpc) is 2.32. The van der Waals surface area contributed by atoms with Crippen LogP contribution in [0.3, 0.4) is 0 Å². The van der Waals surface area contributed by atoms with Crippen LogP contribution in [0, 0.1) is 0 Å². The lowest BCUT2D eigenvalue weighted by atomic mass is 10.4. The predicted octanol–water partition coefficient (Wildman–Crippen LogP) is 2.58. The van der Waals surface area contributed by atoms with E-state index in [1.165, 1.54) is 30.7 Å². The molecule has 0 bridgehead atoms. The van der Waals surface area contributed by atoms with Gasteiger partial charge in [0, 0.05) is 18.6 Å². The molecule has 1 N–H and O–H groups in total. The number of nitrogens with one attached hydrogen (secondary N) is 1. The van der Waals surface area contributed by atoms with Crippen LogP contribution in [0.5, 0.6) is 0 Å². The number of hydrogen-bond acceptors (Lipinski definition) is 4. The predicted molar refractivity (Wildman–Crippen MR) is 69.3 cm³/mol. The second-order valence-electron chi connectivity index (χ2n) is 3.27. The monoisotopic (exact) mass is 303 g/mol. The van der Waals surface area contributed by atoms with Crippen molar-refractivity contribution in [2.75, 3.05) is 4.72 Å². The summed E-state index contributed by atoms with van der Waals surface area (Å²) < 4.78 is 26.4. The zero-order valence-corrected chi connectivity index (χ0v) is 11.2. The van der Waals surface area contributed by atoms with Gasteiger partial charge in [0.25, 0.3) is 10.0 Å². The quantitative estimate of drug-likeness (QED) is 0.946. The number of rotatable bonds is 3. The molecule has 0 radical (unpaired) electrons. The molecule has 2 rings (SSSR count). The lowest BCUT2D eigenvalue weighted by Gasteiger charge is -2.09. The standard InChI is InChI=1S/C10H7Cl2N3O2S/c11-7-1-3-13-5-9(7)15-18(16,17)10-6-14-4-2-8(10)12/h1-6,15H. The Balaban J connectivity index is 2.40. The molecule has 0 saturated heterocycles. The largest absolute Gasteiger partial charge is 0.276 e. The maximum Gasteiger partial charge on any atom is 0.265 e. The fourth-order valence-electron chi connectivity index (χ4n) is 1.21. The van der Waals surface area contributed by atoms with Crippen molar-refractivity contribution in [3.8, 4) is 0 Å². The van der Waals surface area contributed by atoms with E-state index in [1.807, 2.05) is 0 Å². The van der Waals surface area contributed by atoms with E-state index in [4.69, 9.17) is 23.2 Å². The van der Waals surface area contributed by atoms with E-state index in [-0.39, 0.29) is 20.6 Å². The molecule has 5 nitrogen and oxygen atoms in total. The van der Waals surface area contributed by atoms with Gasteiger partial charge >= 0.3 is 0 Å². The molecule has 94 valence electrons. The summed E-state index contributed by atoms with van der Waals surface area (Å²) in [6, 6.07) is 2.87. The molecule has 0 spiro atoms. The van der Waals surface area contributed by atoms with Gasteiger partial charge in [0.2, 0.25) is 0 Å². The van der Waals surface area contributed by atoms with Crippen LogP contribution in [0.1, 0.15) is 0 Å². The van der Waals surface area contributed by atoms with Crippen LogP contribution in [0.2, 0.25) is 10.0 Å². The molecule has 0 unspecified atom stereocenters. The van der Waals surface area contributed by atoms with E-state index in [2.05, 4.69) is 14.7 Å². The molecular formula is C10H7Cl2N3O2S. The molecular weight excluding hydrogens is 297 g/mol. The summed E-state index contributed by atoms with van der Waals surface area (Å²) >= 11 is 11.6. The maximum atomic E-state index is 12.1. The second kappa shape index (κ2) is 5.09. The molecule has 2 aromatic rings. The maximum absolute atomic E-state index is 12.1. The Kier molecular flexibility index (Phi) is 3.70. The zero-order valence-electron chi connectivity index (χ0n) is 8.84. The molecule has 2 aromatic heterocycles. The Labute approximate surface area is 114 Å². The lowest BCUT2D eigenvalue weighted by Crippen LogP contribution is -2.14. The smallest absolute Gasteiger partial charge is 0.265 e. The SMILES string of the molecule is O=S(=O)(Nc1cnccc1Cl)c1cnccc1Cl. The van der Waals surface area contributed by atoms with E-state index >= 15 is 0 Å². The Morgan fingerprint density at radius 1 is 1.00 bits per heavy atom. The third-order valence-electron chi connectivity index (χ3n) is 2.04. The summed E-state index contributed by atoms with van der Waals surface area (Å²) in [6.07, 6.45) is 5.33. The Bertz CT molecular complexity index is 676. The first-order chi connectivity index (χ1) is 8.50. The molecule has 0 amide bonds. The van der Waals surface area contributed by atoms with Crippen LogP contribution in [0.4, 0.5) is 5.69 Å². The minimum atomic E-state index is -3.84. The third-order valence-corrected chi connectivity index (χ3v) is 4.20. The number of nitrogens with zero attached hydrogens (tertiary/aromatic N) is 2. The summed E-state index contributed by atoms with van der Waals surface area (Å²) in [4.78, 5) is 7.39. The summed E-state index contributed by atoms with van der Waals surface area (Å²) in [7, 11) is -3.84. The Morgan fingerprint density at radius 3 is 2.22 bits per heavy atom. The summed E-state index contributed by atoms with van der Waals surface area (Å²) in [6.45, 7) is 0. The number of aromatic nitrogens is 2. The van der Waals surface area contributed by atoms with Crippen LogP contribution in [-0.4, -0.2) is 18.4 Å². The van der Waals surface area contributed by atoms with Gasteiger partial charge in [0.15, 0.2) is 0 Å². The molecule has 2 heterocycles. The molecule has 0 saturated carbocycles. The van der Waals surface area contributed by atoms with Crippen LogP contribution in [-0.2, 0) is 10.0 Å². The van der Waals surface area contributed by atoms with E-state index in [1.54, 1.807) is 0 Å². The van der Waals surface area contributed by atoms with Crippen molar-refractivity contribution in [1.82, 2.24) is 9.97 Å². The zero-order chi connectivity index (χ0) is 13.2. The van der Waals surface area contributed by atoms with E-state index < -0.39 is 10.0 Å². The Morgan fingerprint density at radius 2 is 1.61 bits per heavy atom. The summed E-state index contributed by atoms with van der Waals surface area (Å²) in [5.74, 6) is 0. The van der Waals surface area contributed by atoms with Crippen molar-refractivity contribution >= 4 is 38.9 Å². The highest BCUT2D eigenvalue weighted by Crippen LogP contribution is 2.25. The van der Waals surface area contributed by atoms with E-state index in [9.17, 15) is 8.42 Å². The van der Waals surface area contributed by atoms with Gasteiger partial charge in [-0.2, -0.15) is 0 Å². The number of hydrogen-bond donors (Lipinski definition) is 1. The molecule has 0 atom stereocenters.